The first-order valence-electron chi connectivity index (χ1n) is 9.85. The Hall–Kier alpha value is -1.40. The normalized spacial score (nSPS) is 25.3. The first-order chi connectivity index (χ1) is 12.7. The van der Waals surface area contributed by atoms with E-state index >= 15 is 0 Å². The quantitative estimate of drug-likeness (QED) is 0.861. The van der Waals surface area contributed by atoms with Crippen LogP contribution in [0.1, 0.15) is 16.8 Å². The standard InChI is InChI=1S/C21H31N3O2/c1-15-16(2)22-21-17(4-3-5-20(15)21)10-24-12-18(19(13-24)14-25)11-23-6-8-26-9-7-23/h3-5,18-19,22,25H,6-14H2,1-2H3/t18-,19-/m1/s1. The third-order valence-electron chi connectivity index (χ3n) is 6.31. The predicted molar refractivity (Wildman–Crippen MR) is 104 cm³/mol. The van der Waals surface area contributed by atoms with E-state index in [-0.39, 0.29) is 6.61 Å². The molecule has 2 aromatic rings. The van der Waals surface area contributed by atoms with E-state index in [1.165, 1.54) is 27.7 Å². The van der Waals surface area contributed by atoms with Crippen molar-refractivity contribution in [2.75, 3.05) is 52.5 Å². The number of ether oxygens (including phenoxy) is 1. The SMILES string of the molecule is Cc1[nH]c2c(CN3C[C@@H](CN4CCOCC4)[C@@H](CO)C3)cccc2c1C. The molecule has 2 atom stereocenters. The van der Waals surface area contributed by atoms with Gasteiger partial charge in [0.1, 0.15) is 0 Å². The molecule has 2 aliphatic heterocycles. The number of morpholine rings is 1. The van der Waals surface area contributed by atoms with E-state index in [1.54, 1.807) is 0 Å². The highest BCUT2D eigenvalue weighted by Crippen LogP contribution is 2.29. The number of H-pyrrole nitrogens is 1. The zero-order chi connectivity index (χ0) is 18.1. The third-order valence-corrected chi connectivity index (χ3v) is 6.31. The van der Waals surface area contributed by atoms with Crippen molar-refractivity contribution in [1.29, 1.82) is 0 Å². The highest BCUT2D eigenvalue weighted by Gasteiger charge is 2.33. The molecule has 26 heavy (non-hydrogen) atoms. The van der Waals surface area contributed by atoms with Crippen LogP contribution in [0.25, 0.3) is 10.9 Å². The molecule has 3 heterocycles. The smallest absolute Gasteiger partial charge is 0.0594 e. The van der Waals surface area contributed by atoms with Gasteiger partial charge in [-0.1, -0.05) is 18.2 Å². The van der Waals surface area contributed by atoms with Gasteiger partial charge in [-0.05, 0) is 36.8 Å². The summed E-state index contributed by atoms with van der Waals surface area (Å²) in [5, 5.41) is 11.2. The van der Waals surface area contributed by atoms with Crippen molar-refractivity contribution in [3.8, 4) is 0 Å². The summed E-state index contributed by atoms with van der Waals surface area (Å²) in [7, 11) is 0. The fraction of sp³-hybridized carbons (Fsp3) is 0.619. The summed E-state index contributed by atoms with van der Waals surface area (Å²) in [5.41, 5.74) is 5.25. The van der Waals surface area contributed by atoms with Gasteiger partial charge in [0.15, 0.2) is 0 Å². The minimum atomic E-state index is 0.288. The summed E-state index contributed by atoms with van der Waals surface area (Å²) in [5.74, 6) is 0.925. The molecule has 0 aliphatic carbocycles. The molecule has 0 amide bonds. The molecule has 2 saturated heterocycles. The number of nitrogens with zero attached hydrogens (tertiary/aromatic N) is 2. The molecule has 1 aromatic heterocycles. The average Bonchev–Trinajstić information content (AvgIpc) is 3.17. The largest absolute Gasteiger partial charge is 0.396 e. The van der Waals surface area contributed by atoms with Crippen molar-refractivity contribution >= 4 is 10.9 Å². The first kappa shape index (κ1) is 18.0. The molecule has 5 nitrogen and oxygen atoms in total. The maximum absolute atomic E-state index is 9.89. The summed E-state index contributed by atoms with van der Waals surface area (Å²) in [6.07, 6.45) is 0. The van der Waals surface area contributed by atoms with Gasteiger partial charge in [-0.3, -0.25) is 9.80 Å². The van der Waals surface area contributed by atoms with Gasteiger partial charge in [-0.2, -0.15) is 0 Å². The summed E-state index contributed by atoms with van der Waals surface area (Å²) in [4.78, 5) is 8.59. The molecular formula is C21H31N3O2. The highest BCUT2D eigenvalue weighted by atomic mass is 16.5. The number of aliphatic hydroxyl groups is 1. The van der Waals surface area contributed by atoms with Gasteiger partial charge in [0, 0.05) is 57.0 Å². The second-order valence-corrected chi connectivity index (χ2v) is 8.02. The van der Waals surface area contributed by atoms with E-state index in [0.29, 0.717) is 11.8 Å². The number of benzene rings is 1. The molecule has 142 valence electrons. The van der Waals surface area contributed by atoms with Gasteiger partial charge in [0.05, 0.1) is 18.7 Å². The molecule has 0 unspecified atom stereocenters. The fourth-order valence-electron chi connectivity index (χ4n) is 4.61. The lowest BCUT2D eigenvalue weighted by Crippen LogP contribution is -2.41. The molecule has 4 rings (SSSR count). The zero-order valence-corrected chi connectivity index (χ0v) is 16.0. The molecule has 0 spiro atoms. The zero-order valence-electron chi connectivity index (χ0n) is 16.0. The summed E-state index contributed by atoms with van der Waals surface area (Å²) in [6.45, 7) is 12.4. The Balaban J connectivity index is 1.46. The highest BCUT2D eigenvalue weighted by molar-refractivity contribution is 5.87. The van der Waals surface area contributed by atoms with Crippen LogP contribution in [0.2, 0.25) is 0 Å². The topological polar surface area (TPSA) is 51.7 Å². The Bertz CT molecular complexity index is 751. The van der Waals surface area contributed by atoms with Gasteiger partial charge in [0.25, 0.3) is 0 Å². The van der Waals surface area contributed by atoms with Crippen LogP contribution in [-0.4, -0.2) is 72.4 Å². The van der Waals surface area contributed by atoms with E-state index in [0.717, 1.165) is 52.5 Å². The van der Waals surface area contributed by atoms with E-state index < -0.39 is 0 Å². The van der Waals surface area contributed by atoms with Crippen molar-refractivity contribution < 1.29 is 9.84 Å². The number of rotatable bonds is 5. The number of aromatic nitrogens is 1. The second-order valence-electron chi connectivity index (χ2n) is 8.02. The van der Waals surface area contributed by atoms with Crippen LogP contribution in [0.15, 0.2) is 18.2 Å². The Kier molecular flexibility index (Phi) is 5.32. The molecule has 0 bridgehead atoms. The van der Waals surface area contributed by atoms with E-state index in [2.05, 4.69) is 46.8 Å². The Morgan fingerprint density at radius 1 is 1.12 bits per heavy atom. The minimum absolute atomic E-state index is 0.288. The number of fused-ring (bicyclic) bond motifs is 1. The van der Waals surface area contributed by atoms with Crippen molar-refractivity contribution in [2.45, 2.75) is 20.4 Å². The van der Waals surface area contributed by atoms with Crippen LogP contribution >= 0.6 is 0 Å². The molecule has 1 aromatic carbocycles. The predicted octanol–water partition coefficient (Wildman–Crippen LogP) is 2.16. The van der Waals surface area contributed by atoms with Crippen molar-refractivity contribution in [1.82, 2.24) is 14.8 Å². The Morgan fingerprint density at radius 2 is 1.88 bits per heavy atom. The van der Waals surface area contributed by atoms with E-state index in [9.17, 15) is 5.11 Å². The van der Waals surface area contributed by atoms with Crippen LogP contribution in [0.4, 0.5) is 0 Å². The second kappa shape index (κ2) is 7.69. The molecule has 0 saturated carbocycles. The number of hydrogen-bond acceptors (Lipinski definition) is 4. The lowest BCUT2D eigenvalue weighted by molar-refractivity contribution is 0.0264. The van der Waals surface area contributed by atoms with Gasteiger partial charge in [0.2, 0.25) is 0 Å². The summed E-state index contributed by atoms with van der Waals surface area (Å²) in [6, 6.07) is 6.61. The van der Waals surface area contributed by atoms with Crippen LogP contribution in [0.3, 0.4) is 0 Å². The Morgan fingerprint density at radius 3 is 2.65 bits per heavy atom. The number of aromatic amines is 1. The third kappa shape index (κ3) is 3.54. The Labute approximate surface area is 155 Å². The van der Waals surface area contributed by atoms with E-state index in [1.807, 2.05) is 0 Å². The van der Waals surface area contributed by atoms with E-state index in [4.69, 9.17) is 4.74 Å². The lowest BCUT2D eigenvalue weighted by atomic mass is 9.96. The number of nitrogens with one attached hydrogen (secondary N) is 1. The molecule has 2 aliphatic rings. The van der Waals surface area contributed by atoms with Gasteiger partial charge in [-0.15, -0.1) is 0 Å². The maximum atomic E-state index is 9.89. The molecule has 0 radical (unpaired) electrons. The van der Waals surface area contributed by atoms with Crippen molar-refractivity contribution in [3.05, 3.63) is 35.0 Å². The first-order valence-corrected chi connectivity index (χ1v) is 9.85. The number of aryl methyl sites for hydroxylation is 2. The lowest BCUT2D eigenvalue weighted by Gasteiger charge is -2.30. The summed E-state index contributed by atoms with van der Waals surface area (Å²) >= 11 is 0. The van der Waals surface area contributed by atoms with Crippen LogP contribution in [-0.2, 0) is 11.3 Å². The average molecular weight is 357 g/mol. The van der Waals surface area contributed by atoms with Gasteiger partial charge in [-0.25, -0.2) is 0 Å². The summed E-state index contributed by atoms with van der Waals surface area (Å²) < 4.78 is 5.47. The number of para-hydroxylation sites is 1. The van der Waals surface area contributed by atoms with Crippen LogP contribution < -0.4 is 0 Å². The van der Waals surface area contributed by atoms with Gasteiger partial charge < -0.3 is 14.8 Å². The monoisotopic (exact) mass is 357 g/mol. The maximum Gasteiger partial charge on any atom is 0.0594 e. The molecule has 2 N–H and O–H groups in total. The van der Waals surface area contributed by atoms with Crippen LogP contribution in [0.5, 0.6) is 0 Å². The van der Waals surface area contributed by atoms with Gasteiger partial charge >= 0.3 is 0 Å². The number of hydrogen-bond donors (Lipinski definition) is 2. The molecule has 5 heteroatoms. The molecule has 2 fully saturated rings. The van der Waals surface area contributed by atoms with Crippen LogP contribution in [0, 0.1) is 25.7 Å². The number of aliphatic hydroxyl groups excluding tert-OH is 1. The van der Waals surface area contributed by atoms with Crippen molar-refractivity contribution in [2.24, 2.45) is 11.8 Å². The minimum Gasteiger partial charge on any atom is -0.396 e. The molecular weight excluding hydrogens is 326 g/mol. The van der Waals surface area contributed by atoms with Crippen molar-refractivity contribution in [3.63, 3.8) is 0 Å². The fourth-order valence-corrected chi connectivity index (χ4v) is 4.61. The number of likely N-dealkylation sites (tertiary alicyclic amines) is 1.